The number of nitrogens with zero attached hydrogens (tertiary/aromatic N) is 8. The zero-order valence-corrected chi connectivity index (χ0v) is 33.6. The fourth-order valence-electron chi connectivity index (χ4n) is 7.75. The Hall–Kier alpha value is -5.96. The van der Waals surface area contributed by atoms with Gasteiger partial charge in [-0.1, -0.05) is 106 Å². The third-order valence-electron chi connectivity index (χ3n) is 11.0. The molecule has 18 nitrogen and oxygen atoms in total. The van der Waals surface area contributed by atoms with Gasteiger partial charge in [0.1, 0.15) is 60.5 Å². The molecule has 2 fully saturated rings. The lowest BCUT2D eigenvalue weighted by atomic mass is 9.90. The molecule has 0 saturated carbocycles. The summed E-state index contributed by atoms with van der Waals surface area (Å²) in [5.41, 5.74) is 14.4. The molecule has 0 bridgehead atoms. The molecule has 6 heterocycles. The first-order valence-electron chi connectivity index (χ1n) is 19.7. The van der Waals surface area contributed by atoms with E-state index in [2.05, 4.69) is 30.1 Å². The van der Waals surface area contributed by atoms with Crippen molar-refractivity contribution in [2.24, 2.45) is 0 Å². The van der Waals surface area contributed by atoms with Crippen LogP contribution in [0.5, 0.6) is 0 Å². The smallest absolute Gasteiger partial charge is 0.196 e. The highest BCUT2D eigenvalue weighted by Gasteiger charge is 2.57. The third-order valence-corrected chi connectivity index (χ3v) is 11.0. The van der Waals surface area contributed by atoms with Gasteiger partial charge >= 0.3 is 0 Å². The number of aromatic nitrogens is 8. The normalized spacial score (nSPS) is 25.3. The van der Waals surface area contributed by atoms with Gasteiger partial charge in [-0.05, 0) is 30.5 Å². The molecule has 8 atom stereocenters. The number of rotatable bonds is 13. The Morgan fingerprint density at radius 2 is 1.14 bits per heavy atom. The summed E-state index contributed by atoms with van der Waals surface area (Å²) in [5.74, 6) is 0.485. The molecule has 1 unspecified atom stereocenters. The van der Waals surface area contributed by atoms with Gasteiger partial charge in [0.05, 0.1) is 56.8 Å². The van der Waals surface area contributed by atoms with E-state index in [1.54, 1.807) is 10.7 Å². The van der Waals surface area contributed by atoms with Crippen molar-refractivity contribution >= 4 is 22.9 Å². The minimum Gasteiger partial charge on any atom is -0.394 e. The van der Waals surface area contributed by atoms with E-state index in [9.17, 15) is 15.3 Å². The molecule has 63 heavy (non-hydrogen) atoms. The summed E-state index contributed by atoms with van der Waals surface area (Å²) >= 11 is 0. The lowest BCUT2D eigenvalue weighted by molar-refractivity contribution is -0.148. The van der Waals surface area contributed by atoms with Crippen molar-refractivity contribution in [2.75, 3.05) is 24.7 Å². The standard InChI is InChI=1S/C32H33N5O4.C11H15N5O4.2CH4/c1-32(40-20-25-15-9-4-10-16-25)28(26-17-34-31-30(33)35-22-36-37(26)31)41-27(21-38-18-23-11-5-2-6-12-23)29(32)39-19-24-13-7-3-8-14-24;1-11(19)7(18)6(3-17)20-8(11)5-2-13-10-9(12)14-4-15-16(5)10;;/h2-17,22,27-29H,18-21H2,1H3,(H2,33,35,36);2,4,6-8,17-19H,3H2,1H3,(H2,12,14,15);2*1H4/t27-,28?,29-,32+;6-,7-,8+,11-;;/m11../s1. The number of anilines is 2. The molecule has 0 aliphatic carbocycles. The Bertz CT molecular complexity index is 2510. The average Bonchev–Trinajstić information content (AvgIpc) is 4.03. The van der Waals surface area contributed by atoms with Crippen molar-refractivity contribution < 1.29 is 39.0 Å². The molecule has 2 aliphatic heterocycles. The fourth-order valence-corrected chi connectivity index (χ4v) is 7.75. The van der Waals surface area contributed by atoms with E-state index in [1.807, 2.05) is 97.9 Å². The van der Waals surface area contributed by atoms with Crippen molar-refractivity contribution in [3.63, 3.8) is 0 Å². The summed E-state index contributed by atoms with van der Waals surface area (Å²) in [7, 11) is 0. The number of ether oxygens (including phenoxy) is 5. The topological polar surface area (TPSA) is 245 Å². The summed E-state index contributed by atoms with van der Waals surface area (Å²) in [6.45, 7) is 4.58. The van der Waals surface area contributed by atoms with Crippen molar-refractivity contribution in [2.45, 2.75) is 96.3 Å². The predicted molar refractivity (Wildman–Crippen MR) is 234 cm³/mol. The van der Waals surface area contributed by atoms with Gasteiger partial charge in [0.25, 0.3) is 0 Å². The second-order valence-electron chi connectivity index (χ2n) is 15.3. The van der Waals surface area contributed by atoms with Crippen LogP contribution in [-0.4, -0.2) is 103 Å². The number of aliphatic hydroxyl groups excluding tert-OH is 2. The second-order valence-corrected chi connectivity index (χ2v) is 15.3. The van der Waals surface area contributed by atoms with Gasteiger partial charge in [0, 0.05) is 0 Å². The SMILES string of the molecule is C.C.C[C@@]1(O)[C@H](O)[C@@H](CO)O[C@H]1c1cnc2c(N)ncnn12.C[C@]1(OCc2ccccc2)C(c2cnc3c(N)ncnn23)O[C@H](COCc2ccccc2)[C@H]1OCc1ccccc1. The van der Waals surface area contributed by atoms with Gasteiger partial charge < -0.3 is 50.5 Å². The number of nitrogen functional groups attached to an aromatic ring is 2. The minimum atomic E-state index is -1.58. The number of hydrogen-bond acceptors (Lipinski definition) is 16. The molecule has 2 aliphatic rings. The molecule has 7 aromatic rings. The van der Waals surface area contributed by atoms with Gasteiger partial charge in [0.15, 0.2) is 22.9 Å². The van der Waals surface area contributed by atoms with Crippen molar-refractivity contribution in [1.82, 2.24) is 39.2 Å². The highest BCUT2D eigenvalue weighted by Crippen LogP contribution is 2.47. The molecule has 9 rings (SSSR count). The van der Waals surface area contributed by atoms with Crippen LogP contribution in [-0.2, 0) is 43.5 Å². The van der Waals surface area contributed by atoms with Crippen molar-refractivity contribution in [3.05, 3.63) is 144 Å². The molecule has 3 aromatic carbocycles. The largest absolute Gasteiger partial charge is 0.394 e. The fraction of sp³-hybridized carbons (Fsp3) is 0.378. The molecular formula is C45H56N10O8. The van der Waals surface area contributed by atoms with E-state index >= 15 is 0 Å². The molecule has 334 valence electrons. The number of fused-ring (bicyclic) bond motifs is 2. The average molecular weight is 865 g/mol. The number of nitrogens with two attached hydrogens (primary N) is 2. The lowest BCUT2D eigenvalue weighted by Crippen LogP contribution is -2.47. The van der Waals surface area contributed by atoms with Gasteiger partial charge in [-0.25, -0.2) is 29.0 Å². The Kier molecular flexibility index (Phi) is 14.8. The minimum absolute atomic E-state index is 0. The first-order valence-corrected chi connectivity index (χ1v) is 19.7. The van der Waals surface area contributed by atoms with E-state index in [4.69, 9.17) is 35.2 Å². The maximum atomic E-state index is 10.4. The van der Waals surface area contributed by atoms with Crippen LogP contribution in [0.4, 0.5) is 11.6 Å². The molecule has 4 aromatic heterocycles. The zero-order chi connectivity index (χ0) is 42.6. The Balaban J connectivity index is 0.000000253. The molecular weight excluding hydrogens is 809 g/mol. The van der Waals surface area contributed by atoms with E-state index in [0.717, 1.165) is 16.7 Å². The van der Waals surface area contributed by atoms with E-state index in [-0.39, 0.29) is 26.5 Å². The Morgan fingerprint density at radius 1 is 0.667 bits per heavy atom. The summed E-state index contributed by atoms with van der Waals surface area (Å²) in [4.78, 5) is 16.5. The Labute approximate surface area is 365 Å². The van der Waals surface area contributed by atoms with Gasteiger partial charge in [0.2, 0.25) is 0 Å². The van der Waals surface area contributed by atoms with Crippen LogP contribution in [0.1, 0.15) is 69.0 Å². The summed E-state index contributed by atoms with van der Waals surface area (Å²) in [6.07, 6.45) is 1.37. The van der Waals surface area contributed by atoms with Gasteiger partial charge in [-0.2, -0.15) is 10.2 Å². The van der Waals surface area contributed by atoms with Crippen LogP contribution >= 0.6 is 0 Å². The van der Waals surface area contributed by atoms with Gasteiger partial charge in [-0.3, -0.25) is 0 Å². The number of hydrogen-bond donors (Lipinski definition) is 5. The van der Waals surface area contributed by atoms with Crippen LogP contribution in [0.15, 0.2) is 116 Å². The third kappa shape index (κ3) is 9.53. The monoisotopic (exact) mass is 864 g/mol. The molecule has 18 heteroatoms. The molecule has 7 N–H and O–H groups in total. The molecule has 0 amide bonds. The maximum Gasteiger partial charge on any atom is 0.196 e. The summed E-state index contributed by atoms with van der Waals surface area (Å²) in [6, 6.07) is 30.2. The maximum absolute atomic E-state index is 10.4. The van der Waals surface area contributed by atoms with Crippen molar-refractivity contribution in [1.29, 1.82) is 0 Å². The summed E-state index contributed by atoms with van der Waals surface area (Å²) < 4.78 is 34.9. The number of aliphatic hydroxyl groups is 3. The predicted octanol–water partition coefficient (Wildman–Crippen LogP) is 4.45. The van der Waals surface area contributed by atoms with E-state index in [0.29, 0.717) is 49.1 Å². The van der Waals surface area contributed by atoms with Crippen LogP contribution in [0.2, 0.25) is 0 Å². The molecule has 2 saturated heterocycles. The number of imidazole rings is 2. The first-order chi connectivity index (χ1) is 29.6. The Morgan fingerprint density at radius 3 is 1.65 bits per heavy atom. The second kappa shape index (κ2) is 20.0. The molecule has 0 spiro atoms. The molecule has 0 radical (unpaired) electrons. The number of benzene rings is 3. The quantitative estimate of drug-likeness (QED) is 0.108. The van der Waals surface area contributed by atoms with Crippen LogP contribution < -0.4 is 11.5 Å². The highest BCUT2D eigenvalue weighted by molar-refractivity contribution is 5.59. The van der Waals surface area contributed by atoms with Crippen molar-refractivity contribution in [3.8, 4) is 0 Å². The van der Waals surface area contributed by atoms with Gasteiger partial charge in [-0.15, -0.1) is 0 Å². The van der Waals surface area contributed by atoms with Crippen LogP contribution in [0, 0.1) is 0 Å². The highest BCUT2D eigenvalue weighted by atomic mass is 16.6. The van der Waals surface area contributed by atoms with E-state index in [1.165, 1.54) is 30.3 Å². The van der Waals surface area contributed by atoms with Crippen LogP contribution in [0.3, 0.4) is 0 Å². The summed E-state index contributed by atoms with van der Waals surface area (Å²) in [5, 5.41) is 38.0. The first kappa shape index (κ1) is 46.5. The zero-order valence-electron chi connectivity index (χ0n) is 33.6. The lowest BCUT2D eigenvalue weighted by Gasteiger charge is -2.35. The van der Waals surface area contributed by atoms with Crippen LogP contribution in [0.25, 0.3) is 11.3 Å². The van der Waals surface area contributed by atoms with E-state index < -0.39 is 54.4 Å².